The maximum atomic E-state index is 12.0. The maximum absolute atomic E-state index is 12.0. The summed E-state index contributed by atoms with van der Waals surface area (Å²) < 4.78 is 11.5. The highest BCUT2D eigenvalue weighted by Crippen LogP contribution is 2.25. The maximum Gasteiger partial charge on any atom is 0.412 e. The van der Waals surface area contributed by atoms with Crippen LogP contribution in [0, 0.1) is 0 Å². The molecule has 0 unspecified atom stereocenters. The molecule has 1 aromatic rings. The summed E-state index contributed by atoms with van der Waals surface area (Å²) in [6, 6.07) is 0. The van der Waals surface area contributed by atoms with Crippen molar-refractivity contribution < 1.29 is 19.4 Å². The van der Waals surface area contributed by atoms with Gasteiger partial charge in [0.2, 0.25) is 0 Å². The van der Waals surface area contributed by atoms with Gasteiger partial charge in [0.25, 0.3) is 0 Å². The minimum atomic E-state index is -0.662. The number of anilines is 1. The average molecular weight is 326 g/mol. The Kier molecular flexibility index (Phi) is 6.48. The molecule has 9 heteroatoms. The molecule has 2 rings (SSSR count). The highest BCUT2D eigenvalue weighted by Gasteiger charge is 2.27. The van der Waals surface area contributed by atoms with Gasteiger partial charge in [-0.3, -0.25) is 5.32 Å². The van der Waals surface area contributed by atoms with Crippen LogP contribution >= 0.6 is 0 Å². The standard InChI is InChI=1S/C14H22N4O5/c1-2-3-4-7-22-14(21)17-11-8-15-18(13(20)16-11)12-6-5-10(9-19)23-12/h8,10,12,19H,2-7,9H2,1H3,(H,16,17,20,21)/t10-,12+/m0/s1. The van der Waals surface area contributed by atoms with Gasteiger partial charge in [-0.2, -0.15) is 14.8 Å². The van der Waals surface area contributed by atoms with E-state index in [4.69, 9.17) is 14.6 Å². The van der Waals surface area contributed by atoms with Crippen molar-refractivity contribution in [2.45, 2.75) is 51.4 Å². The molecular weight excluding hydrogens is 304 g/mol. The molecule has 0 spiro atoms. The zero-order valence-corrected chi connectivity index (χ0v) is 13.1. The highest BCUT2D eigenvalue weighted by molar-refractivity contribution is 5.82. The number of aliphatic hydroxyl groups is 1. The van der Waals surface area contributed by atoms with Gasteiger partial charge in [0.05, 0.1) is 25.5 Å². The van der Waals surface area contributed by atoms with Crippen molar-refractivity contribution in [3.63, 3.8) is 0 Å². The first kappa shape index (κ1) is 17.4. The van der Waals surface area contributed by atoms with Crippen LogP contribution < -0.4 is 11.0 Å². The minimum Gasteiger partial charge on any atom is -0.449 e. The van der Waals surface area contributed by atoms with Gasteiger partial charge in [-0.25, -0.2) is 9.59 Å². The molecule has 1 saturated heterocycles. The molecule has 0 aliphatic carbocycles. The lowest BCUT2D eigenvalue weighted by molar-refractivity contribution is -0.0312. The SMILES string of the molecule is CCCCCOC(=O)Nc1cnn([C@H]2CC[C@@H](CO)O2)c(=O)n1. The summed E-state index contributed by atoms with van der Waals surface area (Å²) in [5, 5.41) is 15.4. The second-order valence-electron chi connectivity index (χ2n) is 5.31. The predicted molar refractivity (Wildman–Crippen MR) is 81.0 cm³/mol. The minimum absolute atomic E-state index is 0.0310. The summed E-state index contributed by atoms with van der Waals surface area (Å²) in [6.45, 7) is 2.28. The van der Waals surface area contributed by atoms with Crippen LogP contribution in [0.4, 0.5) is 10.6 Å². The second kappa shape index (κ2) is 8.59. The van der Waals surface area contributed by atoms with E-state index < -0.39 is 18.0 Å². The first-order chi connectivity index (χ1) is 11.1. The molecule has 1 aromatic heterocycles. The third kappa shape index (κ3) is 5.00. The van der Waals surface area contributed by atoms with Gasteiger partial charge in [0.1, 0.15) is 0 Å². The van der Waals surface area contributed by atoms with E-state index >= 15 is 0 Å². The van der Waals surface area contributed by atoms with Crippen LogP contribution in [-0.2, 0) is 9.47 Å². The van der Waals surface area contributed by atoms with Crippen LogP contribution in [0.1, 0.15) is 45.3 Å². The third-order valence-corrected chi connectivity index (χ3v) is 3.49. The molecule has 9 nitrogen and oxygen atoms in total. The molecule has 0 aromatic carbocycles. The lowest BCUT2D eigenvalue weighted by Gasteiger charge is -2.13. The fourth-order valence-corrected chi connectivity index (χ4v) is 2.27. The van der Waals surface area contributed by atoms with Crippen molar-refractivity contribution >= 4 is 11.9 Å². The first-order valence-electron chi connectivity index (χ1n) is 7.80. The number of hydrogen-bond donors (Lipinski definition) is 2. The van der Waals surface area contributed by atoms with Crippen LogP contribution in [-0.4, -0.2) is 45.3 Å². The van der Waals surface area contributed by atoms with E-state index in [2.05, 4.69) is 22.3 Å². The van der Waals surface area contributed by atoms with Crippen LogP contribution in [0.5, 0.6) is 0 Å². The van der Waals surface area contributed by atoms with Crippen LogP contribution in [0.2, 0.25) is 0 Å². The summed E-state index contributed by atoms with van der Waals surface area (Å²) in [6.07, 6.45) is 3.82. The molecule has 128 valence electrons. The number of rotatable bonds is 7. The van der Waals surface area contributed by atoms with Crippen molar-refractivity contribution in [1.82, 2.24) is 14.8 Å². The summed E-state index contributed by atoms with van der Waals surface area (Å²) in [5.74, 6) is 0.0310. The van der Waals surface area contributed by atoms with Crippen LogP contribution in [0.25, 0.3) is 0 Å². The number of carbonyl (C=O) groups excluding carboxylic acids is 1. The first-order valence-corrected chi connectivity index (χ1v) is 7.80. The van der Waals surface area contributed by atoms with E-state index in [-0.39, 0.29) is 18.5 Å². The fraction of sp³-hybridized carbons (Fsp3) is 0.714. The number of ether oxygens (including phenoxy) is 2. The summed E-state index contributed by atoms with van der Waals surface area (Å²) in [7, 11) is 0. The molecule has 1 amide bonds. The predicted octanol–water partition coefficient (Wildman–Crippen LogP) is 1.05. The molecule has 1 aliphatic heterocycles. The molecule has 2 heterocycles. The van der Waals surface area contributed by atoms with Gasteiger partial charge in [-0.15, -0.1) is 0 Å². The Labute approximate surface area is 133 Å². The van der Waals surface area contributed by atoms with Gasteiger partial charge in [-0.1, -0.05) is 19.8 Å². The van der Waals surface area contributed by atoms with Crippen molar-refractivity contribution in [1.29, 1.82) is 0 Å². The number of hydrogen-bond acceptors (Lipinski definition) is 7. The zero-order chi connectivity index (χ0) is 16.7. The molecule has 2 atom stereocenters. The zero-order valence-electron chi connectivity index (χ0n) is 13.1. The van der Waals surface area contributed by atoms with Crippen molar-refractivity contribution in [2.24, 2.45) is 0 Å². The summed E-state index contributed by atoms with van der Waals surface area (Å²) >= 11 is 0. The molecule has 0 saturated carbocycles. The van der Waals surface area contributed by atoms with Crippen molar-refractivity contribution in [3.8, 4) is 0 Å². The number of nitrogens with one attached hydrogen (secondary N) is 1. The van der Waals surface area contributed by atoms with E-state index in [0.717, 1.165) is 23.9 Å². The average Bonchev–Trinajstić information content (AvgIpc) is 3.00. The van der Waals surface area contributed by atoms with E-state index in [9.17, 15) is 9.59 Å². The smallest absolute Gasteiger partial charge is 0.412 e. The Bertz CT molecular complexity index is 577. The van der Waals surface area contributed by atoms with Crippen LogP contribution in [0.15, 0.2) is 11.0 Å². The topological polar surface area (TPSA) is 116 Å². The lowest BCUT2D eigenvalue weighted by atomic mass is 10.2. The quantitative estimate of drug-likeness (QED) is 0.719. The second-order valence-corrected chi connectivity index (χ2v) is 5.31. The number of carbonyl (C=O) groups is 1. The Morgan fingerprint density at radius 3 is 3.00 bits per heavy atom. The molecule has 0 radical (unpaired) electrons. The normalized spacial score (nSPS) is 20.4. The van der Waals surface area contributed by atoms with E-state index in [0.29, 0.717) is 19.4 Å². The van der Waals surface area contributed by atoms with Gasteiger partial charge in [0, 0.05) is 0 Å². The molecule has 2 N–H and O–H groups in total. The molecule has 0 bridgehead atoms. The Morgan fingerprint density at radius 2 is 2.35 bits per heavy atom. The Morgan fingerprint density at radius 1 is 1.52 bits per heavy atom. The van der Waals surface area contributed by atoms with Gasteiger partial charge in [-0.05, 0) is 19.3 Å². The van der Waals surface area contributed by atoms with Gasteiger partial charge in [0.15, 0.2) is 12.0 Å². The monoisotopic (exact) mass is 326 g/mol. The van der Waals surface area contributed by atoms with Gasteiger partial charge >= 0.3 is 11.8 Å². The van der Waals surface area contributed by atoms with E-state index in [1.54, 1.807) is 0 Å². The molecule has 1 aliphatic rings. The fourth-order valence-electron chi connectivity index (χ4n) is 2.27. The largest absolute Gasteiger partial charge is 0.449 e. The number of nitrogens with zero attached hydrogens (tertiary/aromatic N) is 3. The van der Waals surface area contributed by atoms with Crippen molar-refractivity contribution in [3.05, 3.63) is 16.7 Å². The molecule has 23 heavy (non-hydrogen) atoms. The summed E-state index contributed by atoms with van der Waals surface area (Å²) in [4.78, 5) is 27.2. The molecular formula is C14H22N4O5. The Hall–Kier alpha value is -2.00. The summed E-state index contributed by atoms with van der Waals surface area (Å²) in [5.41, 5.74) is -0.627. The van der Waals surface area contributed by atoms with Crippen LogP contribution in [0.3, 0.4) is 0 Å². The lowest BCUT2D eigenvalue weighted by Crippen LogP contribution is -2.31. The third-order valence-electron chi connectivity index (χ3n) is 3.49. The van der Waals surface area contributed by atoms with E-state index in [1.807, 2.05) is 0 Å². The number of aromatic nitrogens is 3. The van der Waals surface area contributed by atoms with Crippen molar-refractivity contribution in [2.75, 3.05) is 18.5 Å². The highest BCUT2D eigenvalue weighted by atomic mass is 16.5. The number of unbranched alkanes of at least 4 members (excludes halogenated alkanes) is 2. The Balaban J connectivity index is 1.89. The number of amides is 1. The number of aliphatic hydroxyl groups excluding tert-OH is 1. The van der Waals surface area contributed by atoms with Gasteiger partial charge < -0.3 is 14.6 Å². The molecule has 1 fully saturated rings. The van der Waals surface area contributed by atoms with E-state index in [1.165, 1.54) is 6.20 Å².